The second-order valence-electron chi connectivity index (χ2n) is 9.59. The molecule has 0 amide bonds. The third-order valence-corrected chi connectivity index (χ3v) is 8.60. The molecule has 2 bridgehead atoms. The zero-order chi connectivity index (χ0) is 17.5. The van der Waals surface area contributed by atoms with E-state index in [4.69, 9.17) is 0 Å². The monoisotopic (exact) mass is 334 g/mol. The van der Waals surface area contributed by atoms with Crippen LogP contribution in [0.15, 0.2) is 12.2 Å². The van der Waals surface area contributed by atoms with Crippen LogP contribution in [0, 0.1) is 34.0 Å². The molecule has 0 aromatic heterocycles. The molecule has 134 valence electrons. The molecule has 0 saturated heterocycles. The quantitative estimate of drug-likeness (QED) is 0.644. The van der Waals surface area contributed by atoms with Crippen molar-refractivity contribution in [2.75, 3.05) is 0 Å². The van der Waals surface area contributed by atoms with Crippen molar-refractivity contribution < 1.29 is 20.1 Å². The Balaban J connectivity index is 1.85. The van der Waals surface area contributed by atoms with E-state index in [1.165, 1.54) is 5.57 Å². The number of aliphatic hydroxyl groups is 2. The molecule has 0 heterocycles. The molecule has 0 radical (unpaired) electrons. The highest BCUT2D eigenvalue weighted by Gasteiger charge is 2.71. The fraction of sp³-hybridized carbons (Fsp3) is 0.850. The van der Waals surface area contributed by atoms with E-state index in [1.54, 1.807) is 6.92 Å². The minimum Gasteiger partial charge on any atom is -0.481 e. The zero-order valence-electron chi connectivity index (χ0n) is 14.8. The molecule has 4 rings (SSSR count). The Hall–Kier alpha value is -0.870. The van der Waals surface area contributed by atoms with Gasteiger partial charge >= 0.3 is 5.97 Å². The second-order valence-corrected chi connectivity index (χ2v) is 9.59. The zero-order valence-corrected chi connectivity index (χ0v) is 14.8. The SMILES string of the molecule is C=C1C[C@]23C[C@@H]1CC[C@H]2[C@]1(C)CCC[C@@](C)(C(=O)O)[C@H]1[C@H](O)[C@@H]3O. The average molecular weight is 334 g/mol. The molecule has 24 heavy (non-hydrogen) atoms. The molecule has 3 N–H and O–H groups in total. The molecule has 4 aliphatic carbocycles. The predicted molar refractivity (Wildman–Crippen MR) is 90.2 cm³/mol. The van der Waals surface area contributed by atoms with Crippen LogP contribution in [0.1, 0.15) is 58.8 Å². The van der Waals surface area contributed by atoms with Gasteiger partial charge in [-0.1, -0.05) is 25.5 Å². The maximum absolute atomic E-state index is 12.1. The molecule has 4 saturated carbocycles. The molecule has 4 aliphatic rings. The fourth-order valence-electron chi connectivity index (χ4n) is 7.68. The van der Waals surface area contributed by atoms with Crippen LogP contribution in [-0.2, 0) is 4.79 Å². The van der Waals surface area contributed by atoms with E-state index in [-0.39, 0.29) is 22.7 Å². The number of carboxylic acids is 1. The Morgan fingerprint density at radius 1 is 1.21 bits per heavy atom. The summed E-state index contributed by atoms with van der Waals surface area (Å²) >= 11 is 0. The molecular formula is C20H30O4. The van der Waals surface area contributed by atoms with Gasteiger partial charge in [0.25, 0.3) is 0 Å². The Morgan fingerprint density at radius 3 is 2.58 bits per heavy atom. The number of rotatable bonds is 1. The molecule has 0 aromatic carbocycles. The van der Waals surface area contributed by atoms with Gasteiger partial charge in [-0.15, -0.1) is 0 Å². The minimum absolute atomic E-state index is 0.223. The van der Waals surface area contributed by atoms with Crippen LogP contribution in [0.3, 0.4) is 0 Å². The first-order valence-electron chi connectivity index (χ1n) is 9.44. The van der Waals surface area contributed by atoms with E-state index in [0.717, 1.165) is 38.5 Å². The van der Waals surface area contributed by atoms with Gasteiger partial charge in [0.2, 0.25) is 0 Å². The third kappa shape index (κ3) is 1.74. The van der Waals surface area contributed by atoms with Gasteiger partial charge in [-0.3, -0.25) is 4.79 Å². The summed E-state index contributed by atoms with van der Waals surface area (Å²) in [5.74, 6) is -0.460. The van der Waals surface area contributed by atoms with Crippen molar-refractivity contribution in [1.29, 1.82) is 0 Å². The summed E-state index contributed by atoms with van der Waals surface area (Å²) in [4.78, 5) is 12.1. The predicted octanol–water partition coefficient (Wildman–Crippen LogP) is 2.98. The Kier molecular flexibility index (Phi) is 3.35. The number of hydrogen-bond donors (Lipinski definition) is 3. The maximum atomic E-state index is 12.1. The number of aliphatic hydroxyl groups excluding tert-OH is 2. The molecule has 0 aliphatic heterocycles. The first kappa shape index (κ1) is 16.6. The van der Waals surface area contributed by atoms with E-state index < -0.39 is 23.6 Å². The van der Waals surface area contributed by atoms with Crippen LogP contribution < -0.4 is 0 Å². The summed E-state index contributed by atoms with van der Waals surface area (Å²) in [6.45, 7) is 8.22. The highest BCUT2D eigenvalue weighted by Crippen LogP contribution is 2.72. The highest BCUT2D eigenvalue weighted by molar-refractivity contribution is 5.75. The summed E-state index contributed by atoms with van der Waals surface area (Å²) in [5.41, 5.74) is -0.245. The van der Waals surface area contributed by atoms with Crippen molar-refractivity contribution >= 4 is 5.97 Å². The van der Waals surface area contributed by atoms with Crippen molar-refractivity contribution in [2.45, 2.75) is 71.0 Å². The molecule has 0 aromatic rings. The van der Waals surface area contributed by atoms with E-state index in [2.05, 4.69) is 13.5 Å². The summed E-state index contributed by atoms with van der Waals surface area (Å²) in [6, 6.07) is 0. The smallest absolute Gasteiger partial charge is 0.309 e. The van der Waals surface area contributed by atoms with Crippen molar-refractivity contribution in [3.8, 4) is 0 Å². The van der Waals surface area contributed by atoms with Crippen molar-refractivity contribution in [2.24, 2.45) is 34.0 Å². The van der Waals surface area contributed by atoms with E-state index in [9.17, 15) is 20.1 Å². The first-order valence-corrected chi connectivity index (χ1v) is 9.44. The van der Waals surface area contributed by atoms with E-state index in [0.29, 0.717) is 12.3 Å². The lowest BCUT2D eigenvalue weighted by atomic mass is 9.39. The molecule has 4 heteroatoms. The minimum atomic E-state index is -0.961. The molecule has 4 nitrogen and oxygen atoms in total. The number of hydrogen-bond acceptors (Lipinski definition) is 3. The van der Waals surface area contributed by atoms with Gasteiger partial charge in [-0.05, 0) is 62.7 Å². The van der Waals surface area contributed by atoms with E-state index in [1.807, 2.05) is 0 Å². The molecule has 4 fully saturated rings. The number of aliphatic carboxylic acids is 1. The van der Waals surface area contributed by atoms with Gasteiger partial charge < -0.3 is 15.3 Å². The van der Waals surface area contributed by atoms with Crippen LogP contribution in [0.4, 0.5) is 0 Å². The highest BCUT2D eigenvalue weighted by atomic mass is 16.4. The van der Waals surface area contributed by atoms with Crippen LogP contribution in [-0.4, -0.2) is 33.5 Å². The lowest BCUT2D eigenvalue weighted by molar-refractivity contribution is -0.254. The lowest BCUT2D eigenvalue weighted by Crippen LogP contribution is -2.68. The first-order chi connectivity index (χ1) is 11.2. The van der Waals surface area contributed by atoms with Gasteiger partial charge in [0.1, 0.15) is 0 Å². The largest absolute Gasteiger partial charge is 0.481 e. The maximum Gasteiger partial charge on any atom is 0.309 e. The van der Waals surface area contributed by atoms with Crippen LogP contribution in [0.5, 0.6) is 0 Å². The second kappa shape index (κ2) is 4.85. The topological polar surface area (TPSA) is 77.8 Å². The third-order valence-electron chi connectivity index (χ3n) is 8.60. The van der Waals surface area contributed by atoms with Gasteiger partial charge in [-0.25, -0.2) is 0 Å². The summed E-state index contributed by atoms with van der Waals surface area (Å²) in [5, 5.41) is 32.2. The number of carbonyl (C=O) groups is 1. The fourth-order valence-corrected chi connectivity index (χ4v) is 7.68. The van der Waals surface area contributed by atoms with Crippen LogP contribution in [0.25, 0.3) is 0 Å². The van der Waals surface area contributed by atoms with Gasteiger partial charge in [0.05, 0.1) is 17.6 Å². The Morgan fingerprint density at radius 2 is 1.92 bits per heavy atom. The van der Waals surface area contributed by atoms with Crippen LogP contribution >= 0.6 is 0 Å². The molecule has 0 unspecified atom stereocenters. The van der Waals surface area contributed by atoms with Gasteiger partial charge in [0, 0.05) is 11.3 Å². The van der Waals surface area contributed by atoms with Gasteiger partial charge in [-0.2, -0.15) is 0 Å². The van der Waals surface area contributed by atoms with Crippen molar-refractivity contribution in [3.63, 3.8) is 0 Å². The lowest BCUT2D eigenvalue weighted by Gasteiger charge is -2.66. The average Bonchev–Trinajstić information content (AvgIpc) is 2.76. The standard InChI is InChI=1S/C20H30O4/c1-11-9-20-10-12(11)5-6-13(20)18(2)7-4-8-19(3,17(23)24)15(18)14(21)16(20)22/h12-16,21-22H,1,4-10H2,2-3H3,(H,23,24)/t12-,13-,14-,15-,16-,18-,19+,20-/m0/s1. The number of fused-ring (bicyclic) bond motifs is 3. The summed E-state index contributed by atoms with van der Waals surface area (Å²) in [7, 11) is 0. The number of allylic oxidation sites excluding steroid dienone is 1. The molecule has 1 spiro atoms. The normalized spacial score (nSPS) is 56.5. The number of carboxylic acid groups (broad SMARTS) is 1. The molecular weight excluding hydrogens is 304 g/mol. The Bertz CT molecular complexity index is 600. The Labute approximate surface area is 144 Å². The summed E-state index contributed by atoms with van der Waals surface area (Å²) < 4.78 is 0. The van der Waals surface area contributed by atoms with E-state index >= 15 is 0 Å². The van der Waals surface area contributed by atoms with Crippen LogP contribution in [0.2, 0.25) is 0 Å². The van der Waals surface area contributed by atoms with Crippen molar-refractivity contribution in [3.05, 3.63) is 12.2 Å². The summed E-state index contributed by atoms with van der Waals surface area (Å²) in [6.07, 6.45) is 4.46. The van der Waals surface area contributed by atoms with Crippen molar-refractivity contribution in [1.82, 2.24) is 0 Å². The molecule has 8 atom stereocenters. The van der Waals surface area contributed by atoms with Gasteiger partial charge in [0.15, 0.2) is 0 Å².